The van der Waals surface area contributed by atoms with E-state index in [0.29, 0.717) is 46.7 Å². The van der Waals surface area contributed by atoms with Crippen molar-refractivity contribution in [2.45, 2.75) is 25.7 Å². The first-order valence-electron chi connectivity index (χ1n) is 11.2. The summed E-state index contributed by atoms with van der Waals surface area (Å²) in [4.78, 5) is 20.2. The van der Waals surface area contributed by atoms with Crippen molar-refractivity contribution in [1.82, 2.24) is 29.6 Å². The van der Waals surface area contributed by atoms with E-state index in [1.165, 1.54) is 12.1 Å². The Hall–Kier alpha value is -4.14. The molecule has 34 heavy (non-hydrogen) atoms. The average Bonchev–Trinajstić information content (AvgIpc) is 3.47. The highest BCUT2D eigenvalue weighted by Crippen LogP contribution is 2.31. The third kappa shape index (κ3) is 3.40. The van der Waals surface area contributed by atoms with Crippen LogP contribution in [0.15, 0.2) is 59.3 Å². The summed E-state index contributed by atoms with van der Waals surface area (Å²) in [6.07, 6.45) is 3.74. The van der Waals surface area contributed by atoms with Gasteiger partial charge in [-0.1, -0.05) is 11.2 Å². The summed E-state index contributed by atoms with van der Waals surface area (Å²) in [5.74, 6) is 0.492. The number of hydrogen-bond acceptors (Lipinski definition) is 6. The Kier molecular flexibility index (Phi) is 4.83. The van der Waals surface area contributed by atoms with Gasteiger partial charge in [0.2, 0.25) is 0 Å². The number of benzene rings is 1. The second-order valence-corrected chi connectivity index (χ2v) is 8.59. The van der Waals surface area contributed by atoms with Crippen molar-refractivity contribution >= 4 is 22.7 Å². The Balaban J connectivity index is 1.37. The molecule has 9 heteroatoms. The van der Waals surface area contributed by atoms with Crippen molar-refractivity contribution < 1.29 is 13.7 Å². The summed E-state index contributed by atoms with van der Waals surface area (Å²) in [5, 5.41) is 13.3. The molecule has 1 amide bonds. The lowest BCUT2D eigenvalue weighted by atomic mass is 9.96. The highest BCUT2D eigenvalue weighted by Gasteiger charge is 2.30. The number of amides is 1. The molecule has 1 unspecified atom stereocenters. The van der Waals surface area contributed by atoms with Crippen LogP contribution in [0.3, 0.4) is 0 Å². The molecule has 6 rings (SSSR count). The minimum Gasteiger partial charge on any atom is -0.338 e. The number of halogens is 1. The zero-order valence-electron chi connectivity index (χ0n) is 18.5. The van der Waals surface area contributed by atoms with Gasteiger partial charge in [0.15, 0.2) is 5.65 Å². The number of piperidine rings is 1. The van der Waals surface area contributed by atoms with Gasteiger partial charge < -0.3 is 9.42 Å². The zero-order valence-corrected chi connectivity index (χ0v) is 18.5. The molecular weight excluding hydrogens is 435 g/mol. The normalized spacial score (nSPS) is 16.4. The Bertz CT molecular complexity index is 1520. The molecule has 1 aromatic carbocycles. The van der Waals surface area contributed by atoms with E-state index in [1.54, 1.807) is 25.1 Å². The summed E-state index contributed by atoms with van der Waals surface area (Å²) in [6.45, 7) is 2.98. The molecule has 4 aromatic heterocycles. The molecule has 5 aromatic rings. The lowest BCUT2D eigenvalue weighted by Gasteiger charge is -2.32. The topological polar surface area (TPSA) is 89.4 Å². The highest BCUT2D eigenvalue weighted by molar-refractivity contribution is 6.07. The van der Waals surface area contributed by atoms with Crippen LogP contribution in [0.4, 0.5) is 4.39 Å². The number of pyridine rings is 2. The van der Waals surface area contributed by atoms with Gasteiger partial charge in [0.05, 0.1) is 22.3 Å². The third-order valence-electron chi connectivity index (χ3n) is 6.40. The molecule has 5 heterocycles. The quantitative estimate of drug-likeness (QED) is 0.400. The number of aryl methyl sites for hydroxylation is 1. The van der Waals surface area contributed by atoms with Gasteiger partial charge in [-0.2, -0.15) is 0 Å². The first kappa shape index (κ1) is 20.5. The van der Waals surface area contributed by atoms with Gasteiger partial charge in [-0.05, 0) is 62.2 Å². The number of carbonyl (C=O) groups excluding carboxylic acids is 1. The Morgan fingerprint density at radius 3 is 2.85 bits per heavy atom. The van der Waals surface area contributed by atoms with E-state index in [4.69, 9.17) is 4.52 Å². The molecule has 0 aliphatic carbocycles. The smallest absolute Gasteiger partial charge is 0.259 e. The van der Waals surface area contributed by atoms with E-state index in [0.717, 1.165) is 24.3 Å². The van der Waals surface area contributed by atoms with E-state index in [1.807, 2.05) is 33.7 Å². The molecule has 0 spiro atoms. The van der Waals surface area contributed by atoms with Crippen molar-refractivity contribution in [3.63, 3.8) is 0 Å². The van der Waals surface area contributed by atoms with Crippen LogP contribution >= 0.6 is 0 Å². The minimum atomic E-state index is -0.336. The summed E-state index contributed by atoms with van der Waals surface area (Å²) >= 11 is 0. The van der Waals surface area contributed by atoms with E-state index in [9.17, 15) is 9.18 Å². The lowest BCUT2D eigenvalue weighted by molar-refractivity contribution is 0.0706. The van der Waals surface area contributed by atoms with Crippen molar-refractivity contribution in [3.8, 4) is 11.3 Å². The van der Waals surface area contributed by atoms with Gasteiger partial charge >= 0.3 is 0 Å². The Morgan fingerprint density at radius 2 is 2.00 bits per heavy atom. The molecule has 1 saturated heterocycles. The summed E-state index contributed by atoms with van der Waals surface area (Å²) in [5.41, 5.74) is 3.39. The van der Waals surface area contributed by atoms with Crippen LogP contribution in [0, 0.1) is 12.7 Å². The van der Waals surface area contributed by atoms with Crippen LogP contribution in [0.25, 0.3) is 28.0 Å². The number of likely N-dealkylation sites (tertiary alicyclic amines) is 1. The van der Waals surface area contributed by atoms with Gasteiger partial charge in [0.25, 0.3) is 11.6 Å². The van der Waals surface area contributed by atoms with Gasteiger partial charge in [-0.25, -0.2) is 9.37 Å². The molecule has 8 nitrogen and oxygen atoms in total. The molecule has 0 saturated carbocycles. The first-order valence-corrected chi connectivity index (χ1v) is 11.2. The molecule has 0 bridgehead atoms. The van der Waals surface area contributed by atoms with Crippen LogP contribution in [-0.2, 0) is 0 Å². The molecule has 1 aliphatic heterocycles. The zero-order chi connectivity index (χ0) is 23.2. The number of aromatic nitrogens is 5. The number of carbonyl (C=O) groups is 1. The molecule has 0 radical (unpaired) electrons. The molecule has 1 atom stereocenters. The van der Waals surface area contributed by atoms with Crippen LogP contribution in [-0.4, -0.2) is 48.6 Å². The van der Waals surface area contributed by atoms with Crippen LogP contribution in [0.2, 0.25) is 0 Å². The molecular formula is C25H21FN6O2. The fourth-order valence-electron chi connectivity index (χ4n) is 4.71. The second-order valence-electron chi connectivity index (χ2n) is 8.59. The second kappa shape index (κ2) is 8.02. The van der Waals surface area contributed by atoms with E-state index < -0.39 is 0 Å². The van der Waals surface area contributed by atoms with Crippen molar-refractivity contribution in [3.05, 3.63) is 77.6 Å². The monoisotopic (exact) mass is 456 g/mol. The SMILES string of the molecule is Cc1noc2nc(-c3ccc(F)cc3)cc(C(=O)N3CCCC(c4nnc5ccccn45)C3)c12. The standard InChI is InChI=1S/C25H21FN6O2/c1-15-22-19(13-20(27-24(22)34-30-15)16-7-9-18(26)10-8-16)25(33)31-11-4-5-17(14-31)23-29-28-21-6-2-3-12-32(21)23/h2-3,6-10,12-13,17H,4-5,11,14H2,1H3. The third-order valence-corrected chi connectivity index (χ3v) is 6.40. The van der Waals surface area contributed by atoms with Crippen molar-refractivity contribution in [2.75, 3.05) is 13.1 Å². The Labute approximate surface area is 194 Å². The summed E-state index contributed by atoms with van der Waals surface area (Å²) in [7, 11) is 0. The largest absolute Gasteiger partial charge is 0.338 e. The van der Waals surface area contributed by atoms with Gasteiger partial charge in [-0.3, -0.25) is 9.20 Å². The van der Waals surface area contributed by atoms with Crippen molar-refractivity contribution in [1.29, 1.82) is 0 Å². The molecule has 170 valence electrons. The fourth-order valence-corrected chi connectivity index (χ4v) is 4.71. The predicted molar refractivity (Wildman–Crippen MR) is 123 cm³/mol. The van der Waals surface area contributed by atoms with Crippen molar-refractivity contribution in [2.24, 2.45) is 0 Å². The lowest BCUT2D eigenvalue weighted by Crippen LogP contribution is -2.39. The predicted octanol–water partition coefficient (Wildman–Crippen LogP) is 4.40. The van der Waals surface area contributed by atoms with E-state index in [-0.39, 0.29) is 17.6 Å². The maximum absolute atomic E-state index is 13.8. The van der Waals surface area contributed by atoms with Crippen LogP contribution in [0.1, 0.15) is 40.6 Å². The van der Waals surface area contributed by atoms with Crippen LogP contribution < -0.4 is 0 Å². The van der Waals surface area contributed by atoms with Gasteiger partial charge in [-0.15, -0.1) is 10.2 Å². The van der Waals surface area contributed by atoms with Crippen LogP contribution in [0.5, 0.6) is 0 Å². The fraction of sp³-hybridized carbons (Fsp3) is 0.240. The minimum absolute atomic E-state index is 0.0765. The van der Waals surface area contributed by atoms with Gasteiger partial charge in [0.1, 0.15) is 11.6 Å². The molecule has 1 fully saturated rings. The first-order chi connectivity index (χ1) is 16.6. The van der Waals surface area contributed by atoms with E-state index >= 15 is 0 Å². The molecule has 1 aliphatic rings. The number of hydrogen-bond donors (Lipinski definition) is 0. The highest BCUT2D eigenvalue weighted by atomic mass is 19.1. The van der Waals surface area contributed by atoms with E-state index in [2.05, 4.69) is 20.3 Å². The maximum atomic E-state index is 13.8. The Morgan fingerprint density at radius 1 is 1.15 bits per heavy atom. The molecule has 0 N–H and O–H groups in total. The maximum Gasteiger partial charge on any atom is 0.259 e. The summed E-state index contributed by atoms with van der Waals surface area (Å²) in [6, 6.07) is 13.5. The number of nitrogens with zero attached hydrogens (tertiary/aromatic N) is 6. The average molecular weight is 456 g/mol. The number of rotatable bonds is 3. The van der Waals surface area contributed by atoms with Gasteiger partial charge in [0, 0.05) is 30.8 Å². The number of fused-ring (bicyclic) bond motifs is 2. The summed E-state index contributed by atoms with van der Waals surface area (Å²) < 4.78 is 20.8.